The molecule has 0 spiro atoms. The normalized spacial score (nSPS) is 46.6. The Kier molecular flexibility index (Phi) is 0.473. The summed E-state index contributed by atoms with van der Waals surface area (Å²) in [6.07, 6.45) is 3.30. The first-order chi connectivity index (χ1) is 3.38. The largest absolute Gasteiger partial charge is 0.299 e. The molecule has 2 saturated carbocycles. The van der Waals surface area contributed by atoms with Gasteiger partial charge >= 0.3 is 0 Å². The first kappa shape index (κ1) is 3.65. The molecule has 2 aliphatic carbocycles. The molecule has 1 nitrogen and oxygen atoms in total. The van der Waals surface area contributed by atoms with Crippen LogP contribution >= 0.6 is 0 Å². The van der Waals surface area contributed by atoms with E-state index in [4.69, 9.17) is 0 Å². The van der Waals surface area contributed by atoms with Crippen molar-refractivity contribution in [3.63, 3.8) is 0 Å². The van der Waals surface area contributed by atoms with Gasteiger partial charge in [-0.25, -0.2) is 0 Å². The molecule has 0 N–H and O–H groups in total. The van der Waals surface area contributed by atoms with Crippen LogP contribution in [-0.4, -0.2) is 5.78 Å². The fourth-order valence-corrected chi connectivity index (χ4v) is 1.47. The lowest BCUT2D eigenvalue weighted by Gasteiger charge is -1.82. The van der Waals surface area contributed by atoms with E-state index in [0.29, 0.717) is 11.7 Å². The zero-order valence-corrected chi connectivity index (χ0v) is 4.18. The molecule has 0 aromatic rings. The maximum Gasteiger partial charge on any atom is 0.136 e. The summed E-state index contributed by atoms with van der Waals surface area (Å²) in [5, 5.41) is 0. The molecule has 0 aromatic heterocycles. The van der Waals surface area contributed by atoms with E-state index in [1.54, 1.807) is 0 Å². The Morgan fingerprint density at radius 1 is 1.57 bits per heavy atom. The minimum atomic E-state index is 0.532. The van der Waals surface area contributed by atoms with Gasteiger partial charge in [-0.15, -0.1) is 0 Å². The molecule has 2 aliphatic rings. The zero-order valence-electron chi connectivity index (χ0n) is 4.18. The summed E-state index contributed by atoms with van der Waals surface area (Å²) in [6, 6.07) is 0. The van der Waals surface area contributed by atoms with Crippen LogP contribution in [0.2, 0.25) is 0 Å². The van der Waals surface area contributed by atoms with E-state index >= 15 is 0 Å². The van der Waals surface area contributed by atoms with Crippen LogP contribution < -0.4 is 0 Å². The van der Waals surface area contributed by atoms with Crippen LogP contribution in [0, 0.1) is 11.8 Å². The average Bonchev–Trinajstić information content (AvgIpc) is 2.33. The molecule has 2 rings (SSSR count). The SMILES string of the molecule is O=C1CCC2CC12. The fourth-order valence-electron chi connectivity index (χ4n) is 1.47. The maximum atomic E-state index is 10.6. The van der Waals surface area contributed by atoms with E-state index in [9.17, 15) is 4.79 Å². The monoisotopic (exact) mass is 96.1 g/mol. The van der Waals surface area contributed by atoms with Gasteiger partial charge in [0.1, 0.15) is 5.78 Å². The second-order valence-electron chi connectivity index (χ2n) is 2.61. The molecule has 2 atom stereocenters. The van der Waals surface area contributed by atoms with Gasteiger partial charge in [0.05, 0.1) is 0 Å². The summed E-state index contributed by atoms with van der Waals surface area (Å²) in [6.45, 7) is 0. The summed E-state index contributed by atoms with van der Waals surface area (Å²) in [7, 11) is 0. The van der Waals surface area contributed by atoms with E-state index in [1.165, 1.54) is 12.8 Å². The maximum absolute atomic E-state index is 10.6. The second-order valence-corrected chi connectivity index (χ2v) is 2.61. The summed E-state index contributed by atoms with van der Waals surface area (Å²) in [5.41, 5.74) is 0. The molecule has 2 fully saturated rings. The van der Waals surface area contributed by atoms with E-state index in [1.807, 2.05) is 0 Å². The number of ketones is 1. The van der Waals surface area contributed by atoms with Crippen molar-refractivity contribution in [1.29, 1.82) is 0 Å². The molecule has 2 unspecified atom stereocenters. The Balaban J connectivity index is 2.21. The fraction of sp³-hybridized carbons (Fsp3) is 0.833. The second kappa shape index (κ2) is 0.908. The average molecular weight is 96.1 g/mol. The van der Waals surface area contributed by atoms with Gasteiger partial charge in [0.25, 0.3) is 0 Å². The zero-order chi connectivity index (χ0) is 4.85. The smallest absolute Gasteiger partial charge is 0.136 e. The molecule has 0 bridgehead atoms. The summed E-state index contributed by atoms with van der Waals surface area (Å²) in [5.74, 6) is 1.91. The standard InChI is InChI=1S/C6H8O/c7-6-2-1-4-3-5(4)6/h4-5H,1-3H2. The quantitative estimate of drug-likeness (QED) is 0.439. The van der Waals surface area contributed by atoms with Crippen molar-refractivity contribution in [2.24, 2.45) is 11.8 Å². The van der Waals surface area contributed by atoms with E-state index < -0.39 is 0 Å². The van der Waals surface area contributed by atoms with Crippen molar-refractivity contribution in [2.45, 2.75) is 19.3 Å². The van der Waals surface area contributed by atoms with Gasteiger partial charge < -0.3 is 0 Å². The van der Waals surface area contributed by atoms with Crippen LogP contribution in [0.15, 0.2) is 0 Å². The van der Waals surface area contributed by atoms with Gasteiger partial charge in [-0.2, -0.15) is 0 Å². The first-order valence-electron chi connectivity index (χ1n) is 2.90. The van der Waals surface area contributed by atoms with Crippen LogP contribution in [-0.2, 0) is 4.79 Å². The predicted octanol–water partition coefficient (Wildman–Crippen LogP) is 0.985. The summed E-state index contributed by atoms with van der Waals surface area (Å²) < 4.78 is 0. The third kappa shape index (κ3) is 0.355. The van der Waals surface area contributed by atoms with Gasteiger partial charge in [-0.3, -0.25) is 4.79 Å². The lowest BCUT2D eigenvalue weighted by atomic mass is 10.2. The number of carbonyl (C=O) groups is 1. The molecule has 38 valence electrons. The highest BCUT2D eigenvalue weighted by molar-refractivity contribution is 5.86. The Morgan fingerprint density at radius 3 is 2.57 bits per heavy atom. The Labute approximate surface area is 42.7 Å². The highest BCUT2D eigenvalue weighted by Gasteiger charge is 2.47. The molecule has 0 amide bonds. The molecular weight excluding hydrogens is 88.1 g/mol. The lowest BCUT2D eigenvalue weighted by molar-refractivity contribution is -0.119. The number of hydrogen-bond acceptors (Lipinski definition) is 1. The van der Waals surface area contributed by atoms with Gasteiger partial charge in [-0.05, 0) is 18.8 Å². The summed E-state index contributed by atoms with van der Waals surface area (Å²) >= 11 is 0. The van der Waals surface area contributed by atoms with Crippen LogP contribution in [0.3, 0.4) is 0 Å². The van der Waals surface area contributed by atoms with E-state index in [-0.39, 0.29) is 0 Å². The Bertz CT molecular complexity index is 117. The number of Topliss-reactive ketones (excluding diaryl/α,β-unsaturated/α-hetero) is 1. The number of fused-ring (bicyclic) bond motifs is 1. The third-order valence-electron chi connectivity index (χ3n) is 2.10. The van der Waals surface area contributed by atoms with Gasteiger partial charge in [-0.1, -0.05) is 0 Å². The highest BCUT2D eigenvalue weighted by atomic mass is 16.1. The van der Waals surface area contributed by atoms with Crippen LogP contribution in [0.25, 0.3) is 0 Å². The van der Waals surface area contributed by atoms with Crippen molar-refractivity contribution in [3.05, 3.63) is 0 Å². The minimum Gasteiger partial charge on any atom is -0.299 e. The van der Waals surface area contributed by atoms with Crippen molar-refractivity contribution >= 4 is 5.78 Å². The Hall–Kier alpha value is -0.330. The molecule has 0 aromatic carbocycles. The van der Waals surface area contributed by atoms with Crippen LogP contribution in [0.4, 0.5) is 0 Å². The molecule has 0 aliphatic heterocycles. The number of rotatable bonds is 0. The van der Waals surface area contributed by atoms with E-state index in [0.717, 1.165) is 12.3 Å². The molecule has 7 heavy (non-hydrogen) atoms. The third-order valence-corrected chi connectivity index (χ3v) is 2.10. The Morgan fingerprint density at radius 2 is 2.43 bits per heavy atom. The minimum absolute atomic E-state index is 0.532. The van der Waals surface area contributed by atoms with Crippen molar-refractivity contribution in [2.75, 3.05) is 0 Å². The predicted molar refractivity (Wildman–Crippen MR) is 25.8 cm³/mol. The van der Waals surface area contributed by atoms with Crippen LogP contribution in [0.5, 0.6) is 0 Å². The van der Waals surface area contributed by atoms with Crippen molar-refractivity contribution in [3.8, 4) is 0 Å². The van der Waals surface area contributed by atoms with Crippen molar-refractivity contribution < 1.29 is 4.79 Å². The topological polar surface area (TPSA) is 17.1 Å². The van der Waals surface area contributed by atoms with Gasteiger partial charge in [0.2, 0.25) is 0 Å². The summed E-state index contributed by atoms with van der Waals surface area (Å²) in [4.78, 5) is 10.6. The van der Waals surface area contributed by atoms with Crippen molar-refractivity contribution in [1.82, 2.24) is 0 Å². The van der Waals surface area contributed by atoms with Gasteiger partial charge in [0, 0.05) is 12.3 Å². The molecule has 0 radical (unpaired) electrons. The number of carbonyl (C=O) groups excluding carboxylic acids is 1. The molecule has 0 heterocycles. The van der Waals surface area contributed by atoms with Crippen LogP contribution in [0.1, 0.15) is 19.3 Å². The molecular formula is C6H8O. The molecule has 1 heteroatoms. The lowest BCUT2D eigenvalue weighted by Crippen LogP contribution is -1.91. The first-order valence-corrected chi connectivity index (χ1v) is 2.90. The van der Waals surface area contributed by atoms with Gasteiger partial charge in [0.15, 0.2) is 0 Å². The number of hydrogen-bond donors (Lipinski definition) is 0. The molecule has 0 saturated heterocycles. The van der Waals surface area contributed by atoms with E-state index in [2.05, 4.69) is 0 Å². The highest BCUT2D eigenvalue weighted by Crippen LogP contribution is 2.49.